The molecule has 0 spiro atoms. The summed E-state index contributed by atoms with van der Waals surface area (Å²) in [7, 11) is 0. The maximum absolute atomic E-state index is 9.47. The van der Waals surface area contributed by atoms with Crippen LogP contribution >= 0.6 is 15.9 Å². The predicted octanol–water partition coefficient (Wildman–Crippen LogP) is 2.98. The quantitative estimate of drug-likeness (QED) is 0.946. The topological polar surface area (TPSA) is 59.2 Å². The first-order valence-corrected chi connectivity index (χ1v) is 6.15. The first-order chi connectivity index (χ1) is 8.09. The van der Waals surface area contributed by atoms with Crippen LogP contribution in [0.2, 0.25) is 0 Å². The molecule has 2 atom stereocenters. The molecule has 2 rings (SSSR count). The van der Waals surface area contributed by atoms with Crippen LogP contribution in [0.25, 0.3) is 11.4 Å². The van der Waals surface area contributed by atoms with Crippen LogP contribution in [0.1, 0.15) is 25.7 Å². The number of aromatic nitrogens is 2. The van der Waals surface area contributed by atoms with E-state index < -0.39 is 6.10 Å². The van der Waals surface area contributed by atoms with Gasteiger partial charge in [0.1, 0.15) is 0 Å². The Bertz CT molecular complexity index is 511. The van der Waals surface area contributed by atoms with Gasteiger partial charge in [0, 0.05) is 10.0 Å². The molecule has 17 heavy (non-hydrogen) atoms. The van der Waals surface area contributed by atoms with Gasteiger partial charge in [-0.05, 0) is 19.1 Å². The molecule has 0 amide bonds. The van der Waals surface area contributed by atoms with Crippen molar-refractivity contribution in [2.24, 2.45) is 0 Å². The second-order valence-electron chi connectivity index (χ2n) is 3.97. The molecule has 0 bridgehead atoms. The van der Waals surface area contributed by atoms with E-state index in [1.54, 1.807) is 6.92 Å². The Labute approximate surface area is 108 Å². The van der Waals surface area contributed by atoms with E-state index in [9.17, 15) is 5.11 Å². The number of nitrogens with zero attached hydrogens (tertiary/aromatic N) is 2. The number of halogens is 1. The van der Waals surface area contributed by atoms with Crippen LogP contribution < -0.4 is 0 Å². The van der Waals surface area contributed by atoms with Gasteiger partial charge >= 0.3 is 0 Å². The first kappa shape index (κ1) is 12.3. The molecule has 0 saturated heterocycles. The molecular formula is C12H13BrN2O2. The average Bonchev–Trinajstić information content (AvgIpc) is 2.77. The molecule has 5 heteroatoms. The number of hydrogen-bond acceptors (Lipinski definition) is 4. The van der Waals surface area contributed by atoms with Crippen molar-refractivity contribution in [3.8, 4) is 11.4 Å². The predicted molar refractivity (Wildman–Crippen MR) is 67.5 cm³/mol. The zero-order valence-corrected chi connectivity index (χ0v) is 11.2. The van der Waals surface area contributed by atoms with Crippen LogP contribution in [0.4, 0.5) is 0 Å². The second kappa shape index (κ2) is 4.98. The molecule has 1 aromatic heterocycles. The second-order valence-corrected chi connectivity index (χ2v) is 4.82. The van der Waals surface area contributed by atoms with E-state index in [2.05, 4.69) is 26.1 Å². The lowest BCUT2D eigenvalue weighted by Gasteiger charge is -2.08. The smallest absolute Gasteiger partial charge is 0.232 e. The Morgan fingerprint density at radius 2 is 2.00 bits per heavy atom. The van der Waals surface area contributed by atoms with Crippen LogP contribution in [0, 0.1) is 0 Å². The van der Waals surface area contributed by atoms with Gasteiger partial charge in [0.05, 0.1) is 12.0 Å². The van der Waals surface area contributed by atoms with E-state index in [0.717, 1.165) is 10.0 Å². The van der Waals surface area contributed by atoms with Crippen molar-refractivity contribution in [3.63, 3.8) is 0 Å². The summed E-state index contributed by atoms with van der Waals surface area (Å²) >= 11 is 3.44. The molecule has 2 unspecified atom stereocenters. The SMILES string of the molecule is CC(O)C(C)c1nc(-c2ccccc2Br)no1. The summed E-state index contributed by atoms with van der Waals surface area (Å²) in [5, 5.41) is 13.4. The number of hydrogen-bond donors (Lipinski definition) is 1. The zero-order chi connectivity index (χ0) is 12.4. The van der Waals surface area contributed by atoms with E-state index in [-0.39, 0.29) is 5.92 Å². The third-order valence-corrected chi connectivity index (χ3v) is 3.36. The van der Waals surface area contributed by atoms with Gasteiger partial charge in [0.15, 0.2) is 0 Å². The van der Waals surface area contributed by atoms with E-state index >= 15 is 0 Å². The van der Waals surface area contributed by atoms with E-state index in [1.807, 2.05) is 31.2 Å². The third kappa shape index (κ3) is 2.56. The van der Waals surface area contributed by atoms with Crippen molar-refractivity contribution >= 4 is 15.9 Å². The van der Waals surface area contributed by atoms with Crippen LogP contribution in [0.5, 0.6) is 0 Å². The normalized spacial score (nSPS) is 14.6. The molecule has 90 valence electrons. The van der Waals surface area contributed by atoms with Crippen LogP contribution in [0.15, 0.2) is 33.3 Å². The highest BCUT2D eigenvalue weighted by Gasteiger charge is 2.19. The van der Waals surface area contributed by atoms with Gasteiger partial charge in [0.25, 0.3) is 0 Å². The molecule has 0 aliphatic heterocycles. The van der Waals surface area contributed by atoms with Gasteiger partial charge in [-0.25, -0.2) is 0 Å². The van der Waals surface area contributed by atoms with Crippen molar-refractivity contribution in [1.29, 1.82) is 0 Å². The number of aliphatic hydroxyl groups is 1. The van der Waals surface area contributed by atoms with Gasteiger partial charge in [-0.1, -0.05) is 40.1 Å². The van der Waals surface area contributed by atoms with Crippen LogP contribution in [0.3, 0.4) is 0 Å². The highest BCUT2D eigenvalue weighted by Crippen LogP contribution is 2.27. The summed E-state index contributed by atoms with van der Waals surface area (Å²) in [6.45, 7) is 3.55. The van der Waals surface area contributed by atoms with Crippen molar-refractivity contribution in [2.75, 3.05) is 0 Å². The largest absolute Gasteiger partial charge is 0.393 e. The fourth-order valence-electron chi connectivity index (χ4n) is 1.38. The molecule has 1 aromatic carbocycles. The average molecular weight is 297 g/mol. The van der Waals surface area contributed by atoms with Gasteiger partial charge < -0.3 is 9.63 Å². The summed E-state index contributed by atoms with van der Waals surface area (Å²) in [6, 6.07) is 7.66. The van der Waals surface area contributed by atoms with Crippen molar-refractivity contribution < 1.29 is 9.63 Å². The molecule has 4 nitrogen and oxygen atoms in total. The van der Waals surface area contributed by atoms with Crippen molar-refractivity contribution in [3.05, 3.63) is 34.6 Å². The molecule has 0 fully saturated rings. The van der Waals surface area contributed by atoms with Crippen molar-refractivity contribution in [1.82, 2.24) is 10.1 Å². The maximum Gasteiger partial charge on any atom is 0.232 e. The monoisotopic (exact) mass is 296 g/mol. The Morgan fingerprint density at radius 3 is 2.65 bits per heavy atom. The Morgan fingerprint density at radius 1 is 1.29 bits per heavy atom. The van der Waals surface area contributed by atoms with Gasteiger partial charge in [-0.15, -0.1) is 0 Å². The first-order valence-electron chi connectivity index (χ1n) is 5.36. The summed E-state index contributed by atoms with van der Waals surface area (Å²) in [5.41, 5.74) is 0.875. The lowest BCUT2D eigenvalue weighted by molar-refractivity contribution is 0.151. The highest BCUT2D eigenvalue weighted by molar-refractivity contribution is 9.10. The minimum atomic E-state index is -0.512. The zero-order valence-electron chi connectivity index (χ0n) is 9.59. The van der Waals surface area contributed by atoms with Crippen LogP contribution in [-0.2, 0) is 0 Å². The molecule has 0 radical (unpaired) electrons. The third-order valence-electron chi connectivity index (χ3n) is 2.67. The van der Waals surface area contributed by atoms with E-state index in [0.29, 0.717) is 11.7 Å². The lowest BCUT2D eigenvalue weighted by Crippen LogP contribution is -2.11. The Kier molecular flexibility index (Phi) is 3.59. The number of benzene rings is 1. The molecule has 0 saturated carbocycles. The number of aliphatic hydroxyl groups excluding tert-OH is 1. The van der Waals surface area contributed by atoms with Crippen LogP contribution in [-0.4, -0.2) is 21.4 Å². The highest BCUT2D eigenvalue weighted by atomic mass is 79.9. The molecule has 0 aliphatic carbocycles. The summed E-state index contributed by atoms with van der Waals surface area (Å²) < 4.78 is 6.07. The molecule has 1 heterocycles. The molecule has 0 aliphatic rings. The standard InChI is InChI=1S/C12H13BrN2O2/c1-7(8(2)16)12-14-11(15-17-12)9-5-3-4-6-10(9)13/h3-8,16H,1-2H3. The van der Waals surface area contributed by atoms with Crippen molar-refractivity contribution in [2.45, 2.75) is 25.9 Å². The Hall–Kier alpha value is -1.20. The molecule has 1 N–H and O–H groups in total. The molecule has 2 aromatic rings. The maximum atomic E-state index is 9.47. The van der Waals surface area contributed by atoms with E-state index in [1.165, 1.54) is 0 Å². The van der Waals surface area contributed by atoms with E-state index in [4.69, 9.17) is 4.52 Å². The summed E-state index contributed by atoms with van der Waals surface area (Å²) in [4.78, 5) is 4.29. The Balaban J connectivity index is 2.34. The minimum Gasteiger partial charge on any atom is -0.393 e. The fourth-order valence-corrected chi connectivity index (χ4v) is 1.84. The fraction of sp³-hybridized carbons (Fsp3) is 0.333. The lowest BCUT2D eigenvalue weighted by atomic mass is 10.1. The van der Waals surface area contributed by atoms with Gasteiger partial charge in [0.2, 0.25) is 11.7 Å². The minimum absolute atomic E-state index is 0.168. The summed E-state index contributed by atoms with van der Waals surface area (Å²) in [6.07, 6.45) is -0.512. The summed E-state index contributed by atoms with van der Waals surface area (Å²) in [5.74, 6) is 0.810. The van der Waals surface area contributed by atoms with Gasteiger partial charge in [-0.3, -0.25) is 0 Å². The van der Waals surface area contributed by atoms with Gasteiger partial charge in [-0.2, -0.15) is 4.98 Å². The molecular weight excluding hydrogens is 284 g/mol. The number of rotatable bonds is 3.